The van der Waals surface area contributed by atoms with Gasteiger partial charge in [0.2, 0.25) is 0 Å². The van der Waals surface area contributed by atoms with Crippen molar-refractivity contribution in [3.05, 3.63) is 0 Å². The Morgan fingerprint density at radius 2 is 1.69 bits per heavy atom. The number of nitrogens with one attached hydrogen (secondary N) is 2. The van der Waals surface area contributed by atoms with Gasteiger partial charge in [0.05, 0.1) is 55.8 Å². The van der Waals surface area contributed by atoms with E-state index in [2.05, 4.69) is 10.6 Å². The molecule has 17 unspecified atom stereocenters. The van der Waals surface area contributed by atoms with Crippen molar-refractivity contribution < 1.29 is 65.0 Å². The summed E-state index contributed by atoms with van der Waals surface area (Å²) in [4.78, 5) is 12.8. The van der Waals surface area contributed by atoms with Crippen LogP contribution in [0.1, 0.15) is 12.8 Å². The first-order chi connectivity index (χ1) is 19.7. The quantitative estimate of drug-likeness (QED) is 0.109. The number of carbonyl (C=O) groups is 1. The topological polar surface area (TPSA) is 329 Å². The summed E-state index contributed by atoms with van der Waals surface area (Å²) in [5.74, 6) is -2.00. The molecule has 2 saturated carbocycles. The van der Waals surface area contributed by atoms with Gasteiger partial charge in [-0.15, -0.1) is 0 Å². The van der Waals surface area contributed by atoms with E-state index in [0.717, 1.165) is 0 Å². The van der Waals surface area contributed by atoms with Gasteiger partial charge >= 0.3 is 0 Å². The molecule has 4 fully saturated rings. The predicted octanol–water partition coefficient (Wildman–Crippen LogP) is -8.78. The average molecular weight is 612 g/mol. The van der Waals surface area contributed by atoms with Crippen LogP contribution >= 0.6 is 0 Å². The number of hydrogen-bond acceptors (Lipinski definition) is 17. The van der Waals surface area contributed by atoms with Crippen LogP contribution < -0.4 is 27.8 Å². The number of nitrogens with two attached hydrogens (primary N) is 3. The van der Waals surface area contributed by atoms with E-state index in [0.29, 0.717) is 0 Å². The Kier molecular flexibility index (Phi) is 10.8. The van der Waals surface area contributed by atoms with Crippen molar-refractivity contribution in [1.82, 2.24) is 10.6 Å². The molecule has 2 aliphatic carbocycles. The fourth-order valence-electron chi connectivity index (χ4n) is 5.89. The molecular weight excluding hydrogens is 566 g/mol. The van der Waals surface area contributed by atoms with Crippen molar-refractivity contribution in [3.8, 4) is 0 Å². The lowest BCUT2D eigenvalue weighted by atomic mass is 9.72. The van der Waals surface area contributed by atoms with Gasteiger partial charge in [0.15, 0.2) is 11.9 Å². The van der Waals surface area contributed by atoms with E-state index in [1.165, 1.54) is 0 Å². The van der Waals surface area contributed by atoms with Crippen LogP contribution in [0.4, 0.5) is 0 Å². The highest BCUT2D eigenvalue weighted by atomic mass is 16.7. The summed E-state index contributed by atoms with van der Waals surface area (Å²) >= 11 is 0. The Labute approximate surface area is 241 Å². The largest absolute Gasteiger partial charge is 0.394 e. The summed E-state index contributed by atoms with van der Waals surface area (Å²) in [6, 6.07) is -4.01. The first-order valence-electron chi connectivity index (χ1n) is 14.0. The molecule has 18 nitrogen and oxygen atoms in total. The van der Waals surface area contributed by atoms with Crippen molar-refractivity contribution in [1.29, 1.82) is 0 Å². The van der Waals surface area contributed by atoms with Gasteiger partial charge in [-0.05, 0) is 6.42 Å². The number of ether oxygens (including phenoxy) is 3. The number of aliphatic hydroxyl groups is 9. The van der Waals surface area contributed by atoms with E-state index in [4.69, 9.17) is 36.5 Å². The summed E-state index contributed by atoms with van der Waals surface area (Å²) < 4.78 is 17.2. The van der Waals surface area contributed by atoms with Crippen LogP contribution in [0.25, 0.3) is 0 Å². The third-order valence-electron chi connectivity index (χ3n) is 8.75. The van der Waals surface area contributed by atoms with Crippen LogP contribution in [0.15, 0.2) is 0 Å². The fourth-order valence-corrected chi connectivity index (χ4v) is 5.89. The minimum atomic E-state index is -1.82. The van der Waals surface area contributed by atoms with Crippen LogP contribution in [-0.2, 0) is 19.0 Å². The first kappa shape index (κ1) is 33.7. The normalized spacial score (nSPS) is 50.2. The van der Waals surface area contributed by atoms with Crippen LogP contribution in [-0.4, -0.2) is 175 Å². The second-order valence-corrected chi connectivity index (χ2v) is 11.8. The Balaban J connectivity index is 1.55. The lowest BCUT2D eigenvalue weighted by molar-refractivity contribution is -0.290. The van der Waals surface area contributed by atoms with Gasteiger partial charge in [-0.1, -0.05) is 0 Å². The van der Waals surface area contributed by atoms with E-state index >= 15 is 0 Å². The summed E-state index contributed by atoms with van der Waals surface area (Å²) in [6.07, 6.45) is -15.9. The van der Waals surface area contributed by atoms with E-state index in [9.17, 15) is 45.6 Å². The molecule has 244 valence electrons. The van der Waals surface area contributed by atoms with Gasteiger partial charge in [0, 0.05) is 37.5 Å². The molecular formula is C24H45N5O13. The van der Waals surface area contributed by atoms with Crippen LogP contribution in [0, 0.1) is 5.92 Å². The molecule has 4 rings (SSSR count). The number of carbonyl (C=O) groups excluding carboxylic acids is 1. The molecule has 2 heterocycles. The molecule has 1 amide bonds. The second kappa shape index (κ2) is 13.4. The first-order valence-corrected chi connectivity index (χ1v) is 14.0. The van der Waals surface area contributed by atoms with Gasteiger partial charge in [-0.25, -0.2) is 0 Å². The number of hydrogen-bond donors (Lipinski definition) is 14. The lowest BCUT2D eigenvalue weighted by Gasteiger charge is -2.51. The molecule has 0 aromatic rings. The Bertz CT molecular complexity index is 926. The SMILES string of the molecule is NC1CC(NC(=O)C2(O)CC2N)C(OC2OCC(O)C(N)C2O)C(O)C1C1OC(CNCC(O)CO)C(O)C(O)C1O. The highest BCUT2D eigenvalue weighted by Gasteiger charge is 2.60. The summed E-state index contributed by atoms with van der Waals surface area (Å²) in [5, 5.41) is 98.4. The molecule has 0 aromatic carbocycles. The van der Waals surface area contributed by atoms with E-state index in [1.54, 1.807) is 0 Å². The smallest absolute Gasteiger partial charge is 0.253 e. The van der Waals surface area contributed by atoms with E-state index < -0.39 is 116 Å². The zero-order valence-corrected chi connectivity index (χ0v) is 22.9. The maximum absolute atomic E-state index is 12.8. The van der Waals surface area contributed by atoms with Gasteiger partial charge in [0.25, 0.3) is 5.91 Å². The lowest BCUT2D eigenvalue weighted by Crippen LogP contribution is -2.70. The molecule has 18 heteroatoms. The molecule has 2 saturated heterocycles. The maximum atomic E-state index is 12.8. The molecule has 17 N–H and O–H groups in total. The van der Waals surface area contributed by atoms with Gasteiger partial charge in [-0.3, -0.25) is 4.79 Å². The van der Waals surface area contributed by atoms with Crippen molar-refractivity contribution >= 4 is 5.91 Å². The maximum Gasteiger partial charge on any atom is 0.253 e. The third kappa shape index (κ3) is 6.74. The molecule has 0 spiro atoms. The molecule has 0 aromatic heterocycles. The van der Waals surface area contributed by atoms with Crippen LogP contribution in [0.2, 0.25) is 0 Å². The fraction of sp³-hybridized carbons (Fsp3) is 0.958. The molecule has 42 heavy (non-hydrogen) atoms. The van der Waals surface area contributed by atoms with Crippen molar-refractivity contribution in [2.75, 3.05) is 26.3 Å². The monoisotopic (exact) mass is 611 g/mol. The zero-order valence-electron chi connectivity index (χ0n) is 22.9. The van der Waals surface area contributed by atoms with E-state index in [1.807, 2.05) is 0 Å². The zero-order chi connectivity index (χ0) is 31.1. The van der Waals surface area contributed by atoms with Crippen LogP contribution in [0.5, 0.6) is 0 Å². The summed E-state index contributed by atoms with van der Waals surface area (Å²) in [6.45, 7) is -0.990. The van der Waals surface area contributed by atoms with Crippen molar-refractivity contribution in [3.63, 3.8) is 0 Å². The van der Waals surface area contributed by atoms with Gasteiger partial charge < -0.3 is 88.0 Å². The van der Waals surface area contributed by atoms with E-state index in [-0.39, 0.29) is 32.5 Å². The Morgan fingerprint density at radius 3 is 2.31 bits per heavy atom. The standard InChI is InChI=1S/C24H45N5O13/c25-8-1-9(29-23(38)24(39)2-12(24)26)20(42-22-17(35)14(27)10(32)6-40-22)16(34)13(8)21-19(37)18(36)15(33)11(41-21)4-28-3-7(31)5-30/h7-22,28,30-37,39H,1-6,25-27H2,(H,29,38). The average Bonchev–Trinajstić information content (AvgIpc) is 3.58. The van der Waals surface area contributed by atoms with Gasteiger partial charge in [0.1, 0.15) is 30.5 Å². The minimum Gasteiger partial charge on any atom is -0.394 e. The molecule has 0 radical (unpaired) electrons. The highest BCUT2D eigenvalue weighted by molar-refractivity contribution is 5.89. The number of amides is 1. The van der Waals surface area contributed by atoms with Crippen molar-refractivity contribution in [2.24, 2.45) is 23.1 Å². The van der Waals surface area contributed by atoms with Crippen molar-refractivity contribution in [2.45, 2.75) is 110 Å². The third-order valence-corrected chi connectivity index (χ3v) is 8.75. The Morgan fingerprint density at radius 1 is 1.02 bits per heavy atom. The summed E-state index contributed by atoms with van der Waals surface area (Å²) in [5.41, 5.74) is 16.1. The Hall–Kier alpha value is -1.17. The van der Waals surface area contributed by atoms with Crippen LogP contribution in [0.3, 0.4) is 0 Å². The van der Waals surface area contributed by atoms with Gasteiger partial charge in [-0.2, -0.15) is 0 Å². The summed E-state index contributed by atoms with van der Waals surface area (Å²) in [7, 11) is 0. The number of rotatable bonds is 10. The molecule has 0 bridgehead atoms. The predicted molar refractivity (Wildman–Crippen MR) is 139 cm³/mol. The molecule has 2 aliphatic heterocycles. The minimum absolute atomic E-state index is 0.0125. The molecule has 17 atom stereocenters. The molecule has 4 aliphatic rings. The second-order valence-electron chi connectivity index (χ2n) is 11.8. The highest BCUT2D eigenvalue weighted by Crippen LogP contribution is 2.38. The number of aliphatic hydroxyl groups excluding tert-OH is 8.